The maximum absolute atomic E-state index is 12.5. The minimum atomic E-state index is -4.58. The number of likely N-dealkylation sites (tertiary alicyclic amines) is 1. The van der Waals surface area contributed by atoms with E-state index in [0.717, 1.165) is 57.8 Å². The van der Waals surface area contributed by atoms with Crippen LogP contribution in [0.2, 0.25) is 0 Å². The fourth-order valence-electron chi connectivity index (χ4n) is 5.44. The molecule has 3 rings (SSSR count). The number of ether oxygens (including phenoxy) is 1. The van der Waals surface area contributed by atoms with Crippen LogP contribution in [0.4, 0.5) is 13.2 Å². The maximum atomic E-state index is 12.5. The summed E-state index contributed by atoms with van der Waals surface area (Å²) in [7, 11) is 0. The largest absolute Gasteiger partial charge is 0.572 e. The first-order chi connectivity index (χ1) is 15.2. The van der Waals surface area contributed by atoms with Crippen molar-refractivity contribution < 1.29 is 28.9 Å². The third-order valence-corrected chi connectivity index (χ3v) is 7.79. The van der Waals surface area contributed by atoms with E-state index in [4.69, 9.17) is 11.6 Å². The lowest BCUT2D eigenvalue weighted by molar-refractivity contribution is -0.307. The Balaban J connectivity index is 0.00000289. The predicted molar refractivity (Wildman–Crippen MR) is 132 cm³/mol. The summed E-state index contributed by atoms with van der Waals surface area (Å²) >= 11 is 6.20. The van der Waals surface area contributed by atoms with Gasteiger partial charge in [0.25, 0.3) is 0 Å². The molecule has 1 aliphatic heterocycles. The molecule has 34 heavy (non-hydrogen) atoms. The van der Waals surface area contributed by atoms with Crippen molar-refractivity contribution in [3.05, 3.63) is 24.0 Å². The van der Waals surface area contributed by atoms with E-state index in [1.54, 1.807) is 6.08 Å². The van der Waals surface area contributed by atoms with Crippen molar-refractivity contribution in [1.29, 1.82) is 0 Å². The zero-order valence-electron chi connectivity index (χ0n) is 20.5. The SMILES string of the molecule is CC(C)[C@H](CN1CCC(C2C=CC(Cl)CC2)CC1)NCCC1C=C(OC(F)(F)F)CCC1.O.O. The Morgan fingerprint density at radius 3 is 2.38 bits per heavy atom. The fraction of sp³-hybridized carbons (Fsp3) is 0.840. The van der Waals surface area contributed by atoms with Crippen molar-refractivity contribution in [2.24, 2.45) is 23.7 Å². The fourth-order valence-corrected chi connectivity index (χ4v) is 5.65. The molecule has 1 saturated heterocycles. The zero-order valence-corrected chi connectivity index (χ0v) is 21.3. The monoisotopic (exact) mass is 512 g/mol. The van der Waals surface area contributed by atoms with Crippen LogP contribution >= 0.6 is 11.6 Å². The lowest BCUT2D eigenvalue weighted by Gasteiger charge is -2.38. The lowest BCUT2D eigenvalue weighted by Crippen LogP contribution is -2.47. The predicted octanol–water partition coefficient (Wildman–Crippen LogP) is 4.85. The van der Waals surface area contributed by atoms with Gasteiger partial charge in [-0.1, -0.05) is 26.0 Å². The van der Waals surface area contributed by atoms with Crippen LogP contribution in [0.15, 0.2) is 24.0 Å². The highest BCUT2D eigenvalue weighted by Crippen LogP contribution is 2.34. The summed E-state index contributed by atoms with van der Waals surface area (Å²) in [5.41, 5.74) is 0. The Kier molecular flexibility index (Phi) is 13.5. The Labute approximate surface area is 207 Å². The number of nitrogens with zero attached hydrogens (tertiary/aromatic N) is 1. The van der Waals surface area contributed by atoms with Gasteiger partial charge in [-0.05, 0) is 94.3 Å². The summed E-state index contributed by atoms with van der Waals surface area (Å²) < 4.78 is 41.6. The summed E-state index contributed by atoms with van der Waals surface area (Å²) in [6, 6.07) is 0.400. The minimum Gasteiger partial charge on any atom is -0.412 e. The van der Waals surface area contributed by atoms with Crippen LogP contribution in [-0.4, -0.2) is 59.8 Å². The van der Waals surface area contributed by atoms with Crippen molar-refractivity contribution >= 4 is 11.6 Å². The van der Waals surface area contributed by atoms with E-state index in [2.05, 4.69) is 41.0 Å². The number of alkyl halides is 4. The van der Waals surface area contributed by atoms with Gasteiger partial charge in [0.05, 0.1) is 5.38 Å². The molecule has 3 aliphatic rings. The molecule has 0 amide bonds. The quantitative estimate of drug-likeness (QED) is 0.354. The van der Waals surface area contributed by atoms with Gasteiger partial charge >= 0.3 is 6.36 Å². The molecule has 5 N–H and O–H groups in total. The van der Waals surface area contributed by atoms with Gasteiger partial charge in [0.15, 0.2) is 0 Å². The molecule has 200 valence electrons. The standard InChI is InChI=1S/C25H40ClF3N2O.2H2O/c1-18(2)24(30-13-10-19-4-3-5-23(16-19)32-25(27,28)29)17-31-14-11-21(12-15-31)20-6-8-22(26)9-7-20;;/h6,8,16,18-22,24,30H,3-5,7,9-15,17H2,1-2H3;2*1H2/t19?,20?,22?,24-;;/m0../s1. The molecule has 0 aromatic carbocycles. The number of rotatable bonds is 9. The molecule has 0 saturated carbocycles. The normalized spacial score (nSPS) is 27.5. The molecular formula is C25H44ClF3N2O3. The summed E-state index contributed by atoms with van der Waals surface area (Å²) in [6.45, 7) is 8.65. The Hall–Kier alpha value is -0.800. The Bertz CT molecular complexity index is 637. The number of allylic oxidation sites excluding steroid dienone is 4. The number of hydrogen-bond acceptors (Lipinski definition) is 3. The minimum absolute atomic E-state index is 0. The first-order valence-electron chi connectivity index (χ1n) is 12.4. The van der Waals surface area contributed by atoms with Crippen molar-refractivity contribution in [3.8, 4) is 0 Å². The van der Waals surface area contributed by atoms with Crippen molar-refractivity contribution in [3.63, 3.8) is 0 Å². The molecule has 0 spiro atoms. The second-order valence-electron chi connectivity index (χ2n) is 10.2. The van der Waals surface area contributed by atoms with Gasteiger partial charge in [0.1, 0.15) is 5.76 Å². The Morgan fingerprint density at radius 1 is 1.09 bits per heavy atom. The first-order valence-corrected chi connectivity index (χ1v) is 12.9. The van der Waals surface area contributed by atoms with E-state index in [9.17, 15) is 13.2 Å². The molecule has 3 unspecified atom stereocenters. The van der Waals surface area contributed by atoms with E-state index in [0.29, 0.717) is 24.3 Å². The average Bonchev–Trinajstić information content (AvgIpc) is 2.73. The number of hydrogen-bond donors (Lipinski definition) is 1. The summed E-state index contributed by atoms with van der Waals surface area (Å²) in [6.07, 6.45) is 9.40. The highest BCUT2D eigenvalue weighted by molar-refractivity contribution is 6.21. The van der Waals surface area contributed by atoms with Gasteiger partial charge in [-0.25, -0.2) is 0 Å². The molecule has 1 heterocycles. The van der Waals surface area contributed by atoms with Gasteiger partial charge in [0, 0.05) is 19.0 Å². The summed E-state index contributed by atoms with van der Waals surface area (Å²) in [5, 5.41) is 3.92. The van der Waals surface area contributed by atoms with Crippen molar-refractivity contribution in [2.45, 2.75) is 83.0 Å². The third-order valence-electron chi connectivity index (χ3n) is 7.43. The smallest absolute Gasteiger partial charge is 0.412 e. The topological polar surface area (TPSA) is 87.5 Å². The molecule has 4 atom stereocenters. The molecular weight excluding hydrogens is 469 g/mol. The third kappa shape index (κ3) is 10.4. The molecule has 0 radical (unpaired) electrons. The van der Waals surface area contributed by atoms with Crippen LogP contribution in [-0.2, 0) is 4.74 Å². The second-order valence-corrected chi connectivity index (χ2v) is 10.8. The van der Waals surface area contributed by atoms with E-state index >= 15 is 0 Å². The summed E-state index contributed by atoms with van der Waals surface area (Å²) in [4.78, 5) is 2.58. The maximum Gasteiger partial charge on any atom is 0.572 e. The Morgan fingerprint density at radius 2 is 1.79 bits per heavy atom. The van der Waals surface area contributed by atoms with E-state index in [-0.39, 0.29) is 28.0 Å². The van der Waals surface area contributed by atoms with E-state index < -0.39 is 6.36 Å². The highest BCUT2D eigenvalue weighted by Gasteiger charge is 2.33. The molecule has 0 bridgehead atoms. The van der Waals surface area contributed by atoms with Crippen molar-refractivity contribution in [2.75, 3.05) is 26.2 Å². The first kappa shape index (κ1) is 31.2. The van der Waals surface area contributed by atoms with Gasteiger partial charge in [-0.15, -0.1) is 24.8 Å². The highest BCUT2D eigenvalue weighted by atomic mass is 35.5. The average molecular weight is 513 g/mol. The van der Waals surface area contributed by atoms with Crippen LogP contribution in [0.5, 0.6) is 0 Å². The van der Waals surface area contributed by atoms with Crippen LogP contribution < -0.4 is 5.32 Å². The van der Waals surface area contributed by atoms with Gasteiger partial charge in [-0.3, -0.25) is 0 Å². The molecule has 9 heteroatoms. The molecule has 2 aliphatic carbocycles. The van der Waals surface area contributed by atoms with Crippen LogP contribution in [0.25, 0.3) is 0 Å². The molecule has 0 aromatic heterocycles. The zero-order chi connectivity index (χ0) is 23.1. The van der Waals surface area contributed by atoms with Crippen LogP contribution in [0.3, 0.4) is 0 Å². The number of nitrogens with one attached hydrogen (secondary N) is 1. The number of piperidine rings is 1. The van der Waals surface area contributed by atoms with Gasteiger partial charge < -0.3 is 25.9 Å². The van der Waals surface area contributed by atoms with Crippen molar-refractivity contribution in [1.82, 2.24) is 10.2 Å². The molecule has 5 nitrogen and oxygen atoms in total. The second kappa shape index (κ2) is 14.7. The van der Waals surface area contributed by atoms with E-state index in [1.165, 1.54) is 19.3 Å². The van der Waals surface area contributed by atoms with E-state index in [1.807, 2.05) is 0 Å². The summed E-state index contributed by atoms with van der Waals surface area (Å²) in [5.74, 6) is 2.24. The van der Waals surface area contributed by atoms with Gasteiger partial charge in [-0.2, -0.15) is 0 Å². The molecule has 0 aromatic rings. The van der Waals surface area contributed by atoms with Crippen LogP contribution in [0.1, 0.15) is 65.2 Å². The molecule has 1 fully saturated rings. The van der Waals surface area contributed by atoms with Crippen LogP contribution in [0, 0.1) is 23.7 Å². The number of halogens is 4. The lowest BCUT2D eigenvalue weighted by atomic mass is 9.79. The van der Waals surface area contributed by atoms with Gasteiger partial charge in [0.2, 0.25) is 0 Å².